The highest BCUT2D eigenvalue weighted by atomic mass is 16.5. The highest BCUT2D eigenvalue weighted by Gasteiger charge is 2.25. The number of hydrogen-bond acceptors (Lipinski definition) is 2. The molecule has 2 nitrogen and oxygen atoms in total. The Kier molecular flexibility index (Phi) is 4.37. The second-order valence-electron chi connectivity index (χ2n) is 4.58. The SMILES string of the molecule is NCC[C@H](Cc1ccccc1)[C@@H]1CCCO1. The smallest absolute Gasteiger partial charge is 0.0607 e. The van der Waals surface area contributed by atoms with Gasteiger partial charge in [-0.15, -0.1) is 0 Å². The Hall–Kier alpha value is -0.860. The molecule has 1 saturated heterocycles. The molecule has 0 aromatic heterocycles. The minimum atomic E-state index is 0.434. The minimum absolute atomic E-state index is 0.434. The normalized spacial score (nSPS) is 22.2. The van der Waals surface area contributed by atoms with Gasteiger partial charge in [-0.1, -0.05) is 30.3 Å². The summed E-state index contributed by atoms with van der Waals surface area (Å²) < 4.78 is 5.78. The third-order valence-corrected chi connectivity index (χ3v) is 3.37. The highest BCUT2D eigenvalue weighted by molar-refractivity contribution is 5.15. The summed E-state index contributed by atoms with van der Waals surface area (Å²) in [5.41, 5.74) is 7.09. The maximum Gasteiger partial charge on any atom is 0.0607 e. The van der Waals surface area contributed by atoms with Crippen LogP contribution in [0.2, 0.25) is 0 Å². The molecule has 2 rings (SSSR count). The van der Waals surface area contributed by atoms with Gasteiger partial charge in [0.05, 0.1) is 6.10 Å². The van der Waals surface area contributed by atoms with Gasteiger partial charge >= 0.3 is 0 Å². The topological polar surface area (TPSA) is 35.2 Å². The van der Waals surface area contributed by atoms with Crippen molar-refractivity contribution in [3.63, 3.8) is 0 Å². The minimum Gasteiger partial charge on any atom is -0.378 e. The molecule has 1 aliphatic rings. The fourth-order valence-electron chi connectivity index (χ4n) is 2.52. The second kappa shape index (κ2) is 6.02. The molecule has 0 aliphatic carbocycles. The van der Waals surface area contributed by atoms with E-state index in [1.165, 1.54) is 18.4 Å². The monoisotopic (exact) mass is 219 g/mol. The Morgan fingerprint density at radius 3 is 2.75 bits per heavy atom. The van der Waals surface area contributed by atoms with Crippen LogP contribution >= 0.6 is 0 Å². The average molecular weight is 219 g/mol. The summed E-state index contributed by atoms with van der Waals surface area (Å²) >= 11 is 0. The molecule has 1 heterocycles. The Morgan fingerprint density at radius 1 is 1.31 bits per heavy atom. The van der Waals surface area contributed by atoms with Crippen LogP contribution in [0.1, 0.15) is 24.8 Å². The van der Waals surface area contributed by atoms with E-state index in [1.54, 1.807) is 0 Å². The lowest BCUT2D eigenvalue weighted by Gasteiger charge is -2.22. The third kappa shape index (κ3) is 3.06. The van der Waals surface area contributed by atoms with Gasteiger partial charge in [0.1, 0.15) is 0 Å². The first-order valence-corrected chi connectivity index (χ1v) is 6.25. The summed E-state index contributed by atoms with van der Waals surface area (Å²) in [5, 5.41) is 0. The molecule has 1 aromatic carbocycles. The van der Waals surface area contributed by atoms with Gasteiger partial charge in [0.2, 0.25) is 0 Å². The molecule has 2 heteroatoms. The van der Waals surface area contributed by atoms with E-state index < -0.39 is 0 Å². The van der Waals surface area contributed by atoms with E-state index in [2.05, 4.69) is 30.3 Å². The molecule has 2 N–H and O–H groups in total. The Bertz CT molecular complexity index is 293. The van der Waals surface area contributed by atoms with Crippen LogP contribution in [0.4, 0.5) is 0 Å². The first-order chi connectivity index (χ1) is 7.90. The van der Waals surface area contributed by atoms with Crippen molar-refractivity contribution < 1.29 is 4.74 Å². The second-order valence-corrected chi connectivity index (χ2v) is 4.58. The van der Waals surface area contributed by atoms with Gasteiger partial charge in [0.15, 0.2) is 0 Å². The lowest BCUT2D eigenvalue weighted by Crippen LogP contribution is -2.24. The van der Waals surface area contributed by atoms with Crippen LogP contribution in [0.3, 0.4) is 0 Å². The van der Waals surface area contributed by atoms with Gasteiger partial charge in [-0.3, -0.25) is 0 Å². The highest BCUT2D eigenvalue weighted by Crippen LogP contribution is 2.25. The van der Waals surface area contributed by atoms with Gasteiger partial charge in [-0.25, -0.2) is 0 Å². The molecular weight excluding hydrogens is 198 g/mol. The summed E-state index contributed by atoms with van der Waals surface area (Å²) in [5.74, 6) is 0.592. The summed E-state index contributed by atoms with van der Waals surface area (Å²) in [6, 6.07) is 10.7. The van der Waals surface area contributed by atoms with E-state index >= 15 is 0 Å². The first-order valence-electron chi connectivity index (χ1n) is 6.25. The third-order valence-electron chi connectivity index (χ3n) is 3.37. The predicted octanol–water partition coefficient (Wildman–Crippen LogP) is 2.37. The van der Waals surface area contributed by atoms with Crippen molar-refractivity contribution in [3.8, 4) is 0 Å². The maximum absolute atomic E-state index is 5.78. The van der Waals surface area contributed by atoms with Crippen molar-refractivity contribution in [2.75, 3.05) is 13.2 Å². The lowest BCUT2D eigenvalue weighted by atomic mass is 9.90. The standard InChI is InChI=1S/C14H21NO/c15-9-8-13(14-7-4-10-16-14)11-12-5-2-1-3-6-12/h1-3,5-6,13-14H,4,7-11,15H2/t13-,14+/m1/s1. The Morgan fingerprint density at radius 2 is 2.12 bits per heavy atom. The van der Waals surface area contributed by atoms with E-state index in [9.17, 15) is 0 Å². The Balaban J connectivity index is 1.96. The van der Waals surface area contributed by atoms with Gasteiger partial charge < -0.3 is 10.5 Å². The van der Waals surface area contributed by atoms with Crippen LogP contribution in [0.15, 0.2) is 30.3 Å². The molecule has 1 fully saturated rings. The maximum atomic E-state index is 5.78. The summed E-state index contributed by atoms with van der Waals surface area (Å²) in [7, 11) is 0. The van der Waals surface area contributed by atoms with Crippen molar-refractivity contribution in [1.29, 1.82) is 0 Å². The van der Waals surface area contributed by atoms with Crippen LogP contribution in [0, 0.1) is 5.92 Å². The summed E-state index contributed by atoms with van der Waals surface area (Å²) in [4.78, 5) is 0. The van der Waals surface area contributed by atoms with Crippen molar-refractivity contribution in [2.45, 2.75) is 31.8 Å². The van der Waals surface area contributed by atoms with Gasteiger partial charge in [-0.2, -0.15) is 0 Å². The Labute approximate surface area is 97.8 Å². The molecule has 1 aromatic rings. The molecule has 0 spiro atoms. The van der Waals surface area contributed by atoms with Crippen LogP contribution < -0.4 is 5.73 Å². The molecule has 0 saturated carbocycles. The van der Waals surface area contributed by atoms with Crippen LogP contribution in [-0.4, -0.2) is 19.3 Å². The molecule has 0 unspecified atom stereocenters. The zero-order chi connectivity index (χ0) is 11.2. The molecule has 88 valence electrons. The van der Waals surface area contributed by atoms with E-state index in [-0.39, 0.29) is 0 Å². The fourth-order valence-corrected chi connectivity index (χ4v) is 2.52. The molecule has 1 aliphatic heterocycles. The quantitative estimate of drug-likeness (QED) is 0.825. The number of benzene rings is 1. The number of rotatable bonds is 5. The number of ether oxygens (including phenoxy) is 1. The van der Waals surface area contributed by atoms with Crippen molar-refractivity contribution >= 4 is 0 Å². The molecule has 0 amide bonds. The van der Waals surface area contributed by atoms with Gasteiger partial charge in [0.25, 0.3) is 0 Å². The van der Waals surface area contributed by atoms with E-state index in [0.717, 1.165) is 26.0 Å². The van der Waals surface area contributed by atoms with Crippen LogP contribution in [0.25, 0.3) is 0 Å². The molecule has 0 radical (unpaired) electrons. The zero-order valence-electron chi connectivity index (χ0n) is 9.77. The largest absolute Gasteiger partial charge is 0.378 e. The van der Waals surface area contributed by atoms with Gasteiger partial charge in [-0.05, 0) is 43.7 Å². The summed E-state index contributed by atoms with van der Waals surface area (Å²) in [6.07, 6.45) is 5.02. The molecule has 0 bridgehead atoms. The van der Waals surface area contributed by atoms with E-state index in [0.29, 0.717) is 12.0 Å². The number of hydrogen-bond donors (Lipinski definition) is 1. The zero-order valence-corrected chi connectivity index (χ0v) is 9.77. The average Bonchev–Trinajstić information content (AvgIpc) is 2.83. The fraction of sp³-hybridized carbons (Fsp3) is 0.571. The van der Waals surface area contributed by atoms with Gasteiger partial charge in [0, 0.05) is 6.61 Å². The lowest BCUT2D eigenvalue weighted by molar-refractivity contribution is 0.0604. The number of nitrogens with two attached hydrogens (primary N) is 1. The van der Waals surface area contributed by atoms with Crippen molar-refractivity contribution in [2.24, 2.45) is 11.7 Å². The van der Waals surface area contributed by atoms with Crippen LogP contribution in [0.5, 0.6) is 0 Å². The molecular formula is C14H21NO. The predicted molar refractivity (Wildman–Crippen MR) is 66.3 cm³/mol. The van der Waals surface area contributed by atoms with E-state index in [4.69, 9.17) is 10.5 Å². The van der Waals surface area contributed by atoms with Crippen molar-refractivity contribution in [3.05, 3.63) is 35.9 Å². The molecule has 16 heavy (non-hydrogen) atoms. The van der Waals surface area contributed by atoms with E-state index in [1.807, 2.05) is 0 Å². The first kappa shape index (κ1) is 11.6. The van der Waals surface area contributed by atoms with Crippen molar-refractivity contribution in [1.82, 2.24) is 0 Å². The summed E-state index contributed by atoms with van der Waals surface area (Å²) in [6.45, 7) is 1.69. The molecule has 2 atom stereocenters. The van der Waals surface area contributed by atoms with Crippen LogP contribution in [-0.2, 0) is 11.2 Å².